The molecule has 1 aliphatic rings. The first-order valence-corrected chi connectivity index (χ1v) is 6.17. The minimum atomic E-state index is 0.0691. The average Bonchev–Trinajstić information content (AvgIpc) is 2.34. The van der Waals surface area contributed by atoms with Crippen LogP contribution < -0.4 is 5.32 Å². The second-order valence-corrected chi connectivity index (χ2v) is 4.62. The molecule has 0 aliphatic carbocycles. The van der Waals surface area contributed by atoms with Crippen LogP contribution in [0.15, 0.2) is 42.5 Å². The molecule has 3 nitrogen and oxygen atoms in total. The summed E-state index contributed by atoms with van der Waals surface area (Å²) in [5.41, 5.74) is 1.07. The fourth-order valence-electron chi connectivity index (χ4n) is 2.22. The number of hydrogen-bond acceptors (Lipinski definition) is 2. The van der Waals surface area contributed by atoms with Gasteiger partial charge >= 0.3 is 0 Å². The van der Waals surface area contributed by atoms with Gasteiger partial charge in [0.2, 0.25) is 5.91 Å². The number of rotatable bonds is 3. The van der Waals surface area contributed by atoms with Crippen LogP contribution in [0.2, 0.25) is 0 Å². The Labute approximate surface area is 106 Å². The fraction of sp³-hybridized carbons (Fsp3) is 0.267. The number of ether oxygens (including phenoxy) is 1. The molecular weight excluding hydrogens is 226 g/mol. The van der Waals surface area contributed by atoms with Crippen molar-refractivity contribution in [2.75, 3.05) is 13.2 Å². The summed E-state index contributed by atoms with van der Waals surface area (Å²) in [7, 11) is 0. The zero-order chi connectivity index (χ0) is 12.4. The number of nitrogens with one attached hydrogen (secondary N) is 1. The Morgan fingerprint density at radius 3 is 2.72 bits per heavy atom. The molecule has 1 N–H and O–H groups in total. The molecule has 2 aromatic rings. The van der Waals surface area contributed by atoms with Crippen molar-refractivity contribution in [1.82, 2.24) is 5.32 Å². The van der Waals surface area contributed by atoms with Crippen molar-refractivity contribution in [3.8, 4) is 0 Å². The molecule has 1 fully saturated rings. The van der Waals surface area contributed by atoms with Gasteiger partial charge in [-0.2, -0.15) is 0 Å². The highest BCUT2D eigenvalue weighted by atomic mass is 16.5. The Bertz CT molecular complexity index is 570. The van der Waals surface area contributed by atoms with Crippen LogP contribution in [0.3, 0.4) is 0 Å². The lowest BCUT2D eigenvalue weighted by Gasteiger charge is -2.26. The Balaban J connectivity index is 1.79. The van der Waals surface area contributed by atoms with Gasteiger partial charge in [-0.05, 0) is 16.3 Å². The standard InChI is InChI=1S/C15H15NO2/c17-15(16-13-9-18-10-13)8-12-6-3-5-11-4-1-2-7-14(11)12/h1-7,13H,8-10H2,(H,16,17). The lowest BCUT2D eigenvalue weighted by atomic mass is 10.0. The molecular formula is C15H15NO2. The van der Waals surface area contributed by atoms with Crippen molar-refractivity contribution in [3.05, 3.63) is 48.0 Å². The van der Waals surface area contributed by atoms with Gasteiger partial charge in [-0.25, -0.2) is 0 Å². The minimum Gasteiger partial charge on any atom is -0.377 e. The first kappa shape index (κ1) is 11.2. The van der Waals surface area contributed by atoms with Crippen molar-refractivity contribution in [3.63, 3.8) is 0 Å². The summed E-state index contributed by atoms with van der Waals surface area (Å²) in [6.07, 6.45) is 0.428. The van der Waals surface area contributed by atoms with E-state index >= 15 is 0 Å². The molecule has 3 heteroatoms. The van der Waals surface area contributed by atoms with Crippen molar-refractivity contribution < 1.29 is 9.53 Å². The van der Waals surface area contributed by atoms with Gasteiger partial charge in [-0.1, -0.05) is 42.5 Å². The minimum absolute atomic E-state index is 0.0691. The smallest absolute Gasteiger partial charge is 0.224 e. The number of fused-ring (bicyclic) bond motifs is 1. The molecule has 0 unspecified atom stereocenters. The van der Waals surface area contributed by atoms with E-state index in [-0.39, 0.29) is 11.9 Å². The first-order valence-electron chi connectivity index (χ1n) is 6.17. The molecule has 2 aromatic carbocycles. The summed E-state index contributed by atoms with van der Waals surface area (Å²) in [6, 6.07) is 14.4. The van der Waals surface area contributed by atoms with Gasteiger partial charge < -0.3 is 10.1 Å². The largest absolute Gasteiger partial charge is 0.377 e. The zero-order valence-electron chi connectivity index (χ0n) is 10.1. The Kier molecular flexibility index (Phi) is 2.99. The summed E-state index contributed by atoms with van der Waals surface area (Å²) < 4.78 is 5.04. The van der Waals surface area contributed by atoms with E-state index in [1.165, 1.54) is 5.39 Å². The van der Waals surface area contributed by atoms with Gasteiger partial charge in [0.15, 0.2) is 0 Å². The molecule has 92 valence electrons. The van der Waals surface area contributed by atoms with E-state index in [9.17, 15) is 4.79 Å². The summed E-state index contributed by atoms with van der Waals surface area (Å²) in [5.74, 6) is 0.0691. The van der Waals surface area contributed by atoms with Crippen LogP contribution >= 0.6 is 0 Å². The zero-order valence-corrected chi connectivity index (χ0v) is 10.1. The number of benzene rings is 2. The number of hydrogen-bond donors (Lipinski definition) is 1. The van der Waals surface area contributed by atoms with Crippen LogP contribution in [0.5, 0.6) is 0 Å². The van der Waals surface area contributed by atoms with E-state index in [1.54, 1.807) is 0 Å². The molecule has 0 atom stereocenters. The first-order chi connectivity index (χ1) is 8.83. The third-order valence-electron chi connectivity index (χ3n) is 3.23. The second-order valence-electron chi connectivity index (χ2n) is 4.62. The van der Waals surface area contributed by atoms with Crippen LogP contribution in [0, 0.1) is 0 Å². The molecule has 0 aromatic heterocycles. The summed E-state index contributed by atoms with van der Waals surface area (Å²) in [4.78, 5) is 11.9. The average molecular weight is 241 g/mol. The maximum Gasteiger partial charge on any atom is 0.224 e. The van der Waals surface area contributed by atoms with Crippen molar-refractivity contribution >= 4 is 16.7 Å². The molecule has 1 heterocycles. The molecule has 0 bridgehead atoms. The molecule has 0 spiro atoms. The molecule has 1 aliphatic heterocycles. The Hall–Kier alpha value is -1.87. The molecule has 0 radical (unpaired) electrons. The van der Waals surface area contributed by atoms with Crippen LogP contribution in [-0.4, -0.2) is 25.2 Å². The van der Waals surface area contributed by atoms with Crippen molar-refractivity contribution in [1.29, 1.82) is 0 Å². The molecule has 3 rings (SSSR count). The number of carbonyl (C=O) groups excluding carboxylic acids is 1. The summed E-state index contributed by atoms with van der Waals surface area (Å²) in [6.45, 7) is 1.28. The number of carbonyl (C=O) groups is 1. The second kappa shape index (κ2) is 4.78. The molecule has 1 saturated heterocycles. The monoisotopic (exact) mass is 241 g/mol. The highest BCUT2D eigenvalue weighted by molar-refractivity contribution is 5.90. The Morgan fingerprint density at radius 2 is 1.94 bits per heavy atom. The predicted octanol–water partition coefficient (Wildman–Crippen LogP) is 1.90. The van der Waals surface area contributed by atoms with Gasteiger partial charge in [0.05, 0.1) is 25.7 Å². The van der Waals surface area contributed by atoms with E-state index < -0.39 is 0 Å². The van der Waals surface area contributed by atoms with Crippen LogP contribution in [0.25, 0.3) is 10.8 Å². The van der Waals surface area contributed by atoms with Gasteiger partial charge in [-0.3, -0.25) is 4.79 Å². The molecule has 1 amide bonds. The maximum atomic E-state index is 11.9. The van der Waals surface area contributed by atoms with Gasteiger partial charge in [0.25, 0.3) is 0 Å². The Morgan fingerprint density at radius 1 is 1.17 bits per heavy atom. The van der Waals surface area contributed by atoms with E-state index in [0.29, 0.717) is 19.6 Å². The summed E-state index contributed by atoms with van der Waals surface area (Å²) >= 11 is 0. The van der Waals surface area contributed by atoms with E-state index in [0.717, 1.165) is 10.9 Å². The van der Waals surface area contributed by atoms with Crippen molar-refractivity contribution in [2.45, 2.75) is 12.5 Å². The van der Waals surface area contributed by atoms with Crippen LogP contribution in [0.4, 0.5) is 0 Å². The highest BCUT2D eigenvalue weighted by Gasteiger charge is 2.20. The van der Waals surface area contributed by atoms with E-state index in [1.807, 2.05) is 24.3 Å². The van der Waals surface area contributed by atoms with Gasteiger partial charge in [0, 0.05) is 0 Å². The predicted molar refractivity (Wildman–Crippen MR) is 70.4 cm³/mol. The SMILES string of the molecule is O=C(Cc1cccc2ccccc12)NC1COC1. The highest BCUT2D eigenvalue weighted by Crippen LogP contribution is 2.18. The molecule has 0 saturated carbocycles. The number of amides is 1. The molecule has 18 heavy (non-hydrogen) atoms. The van der Waals surface area contributed by atoms with Crippen LogP contribution in [0.1, 0.15) is 5.56 Å². The lowest BCUT2D eigenvalue weighted by Crippen LogP contribution is -2.49. The third kappa shape index (κ3) is 2.22. The normalized spacial score (nSPS) is 15.3. The summed E-state index contributed by atoms with van der Waals surface area (Å²) in [5, 5.41) is 5.29. The fourth-order valence-corrected chi connectivity index (χ4v) is 2.22. The lowest BCUT2D eigenvalue weighted by molar-refractivity contribution is -0.124. The third-order valence-corrected chi connectivity index (χ3v) is 3.23. The quantitative estimate of drug-likeness (QED) is 0.891. The van der Waals surface area contributed by atoms with Gasteiger partial charge in [-0.15, -0.1) is 0 Å². The van der Waals surface area contributed by atoms with E-state index in [2.05, 4.69) is 23.5 Å². The topological polar surface area (TPSA) is 38.3 Å². The van der Waals surface area contributed by atoms with Crippen LogP contribution in [-0.2, 0) is 16.0 Å². The maximum absolute atomic E-state index is 11.9. The van der Waals surface area contributed by atoms with Crippen molar-refractivity contribution in [2.24, 2.45) is 0 Å². The van der Waals surface area contributed by atoms with E-state index in [4.69, 9.17) is 4.74 Å². The van der Waals surface area contributed by atoms with Gasteiger partial charge in [0.1, 0.15) is 0 Å².